The first kappa shape index (κ1) is 8.42. The quantitative estimate of drug-likeness (QED) is 0.639. The summed E-state index contributed by atoms with van der Waals surface area (Å²) in [5.74, 6) is 0. The van der Waals surface area contributed by atoms with Gasteiger partial charge in [-0.15, -0.1) is 0 Å². The van der Waals surface area contributed by atoms with Gasteiger partial charge in [0.1, 0.15) is 0 Å². The predicted molar refractivity (Wildman–Crippen MR) is 65.0 cm³/mol. The van der Waals surface area contributed by atoms with Crippen LogP contribution in [0.1, 0.15) is 0 Å². The summed E-state index contributed by atoms with van der Waals surface area (Å²) in [6.45, 7) is 2.98. The third kappa shape index (κ3) is 0.959. The summed E-state index contributed by atoms with van der Waals surface area (Å²) in [6.07, 6.45) is 2.32. The maximum Gasteiger partial charge on any atom is 0.0686 e. The van der Waals surface area contributed by atoms with Crippen LogP contribution in [-0.4, -0.2) is 29.6 Å². The molecule has 1 fully saturated rings. The van der Waals surface area contributed by atoms with Crippen LogP contribution in [0.25, 0.3) is 22.7 Å². The number of aromatic amines is 1. The smallest absolute Gasteiger partial charge is 0.0686 e. The summed E-state index contributed by atoms with van der Waals surface area (Å²) < 4.78 is 0. The summed E-state index contributed by atoms with van der Waals surface area (Å²) >= 11 is 0. The third-order valence-electron chi connectivity index (χ3n) is 3.53. The van der Waals surface area contributed by atoms with Crippen LogP contribution in [0, 0.1) is 0 Å². The minimum Gasteiger partial charge on any atom is -0.356 e. The molecule has 3 nitrogen and oxygen atoms in total. The number of H-pyrrole nitrogens is 1. The van der Waals surface area contributed by atoms with Gasteiger partial charge >= 0.3 is 0 Å². The molecule has 2 aliphatic heterocycles. The number of hydrogen-bond donors (Lipinski definition) is 2. The van der Waals surface area contributed by atoms with Crippen LogP contribution < -0.4 is 15.9 Å². The van der Waals surface area contributed by atoms with Gasteiger partial charge in [-0.3, -0.25) is 5.32 Å². The molecule has 2 aromatic rings. The van der Waals surface area contributed by atoms with Gasteiger partial charge < -0.3 is 9.88 Å². The van der Waals surface area contributed by atoms with E-state index < -0.39 is 0 Å². The van der Waals surface area contributed by atoms with Gasteiger partial charge in [-0.25, -0.2) is 0 Å². The second kappa shape index (κ2) is 2.89. The van der Waals surface area contributed by atoms with E-state index in [1.807, 2.05) is 0 Å². The van der Waals surface area contributed by atoms with Crippen molar-refractivity contribution in [3.8, 4) is 0 Å². The minimum absolute atomic E-state index is 0.973. The standard InChI is InChI=1S/C13H13N3/c1-2-4-11-9(3-1)10-5-6-16-8-14-7-12(16)13(10)15-11/h1-5,14-15H,6-8H2. The lowest BCUT2D eigenvalue weighted by atomic mass is 10.2. The molecule has 0 amide bonds. The maximum atomic E-state index is 3.54. The third-order valence-corrected chi connectivity index (χ3v) is 3.53. The van der Waals surface area contributed by atoms with E-state index >= 15 is 0 Å². The van der Waals surface area contributed by atoms with Gasteiger partial charge in [-0.1, -0.05) is 24.3 Å². The number of benzene rings is 1. The predicted octanol–water partition coefficient (Wildman–Crippen LogP) is -0.0671. The molecule has 0 unspecified atom stereocenters. The fourth-order valence-corrected chi connectivity index (χ4v) is 2.74. The van der Waals surface area contributed by atoms with E-state index in [4.69, 9.17) is 0 Å². The van der Waals surface area contributed by atoms with Gasteiger partial charge in [0.15, 0.2) is 0 Å². The van der Waals surface area contributed by atoms with Crippen molar-refractivity contribution in [2.45, 2.75) is 0 Å². The highest BCUT2D eigenvalue weighted by Crippen LogP contribution is 2.12. The van der Waals surface area contributed by atoms with Crippen molar-refractivity contribution >= 4 is 22.7 Å². The van der Waals surface area contributed by atoms with Crippen LogP contribution in [0.2, 0.25) is 0 Å². The van der Waals surface area contributed by atoms with E-state index in [2.05, 4.69) is 45.5 Å². The van der Waals surface area contributed by atoms with Crippen molar-refractivity contribution in [2.75, 3.05) is 19.8 Å². The lowest BCUT2D eigenvalue weighted by Gasteiger charge is -2.18. The molecule has 1 aromatic heterocycles. The molecule has 3 heteroatoms. The number of fused-ring (bicyclic) bond motifs is 4. The zero-order chi connectivity index (χ0) is 10.5. The summed E-state index contributed by atoms with van der Waals surface area (Å²) in [7, 11) is 0. The van der Waals surface area contributed by atoms with E-state index in [0.29, 0.717) is 0 Å². The van der Waals surface area contributed by atoms with Gasteiger partial charge in [-0.05, 0) is 6.07 Å². The molecule has 2 aliphatic rings. The molecule has 0 spiro atoms. The topological polar surface area (TPSA) is 31.1 Å². The molecule has 2 N–H and O–H groups in total. The SMILES string of the molecule is C1=c2c([nH]c3ccccc23)=C2CNCN2C1. The molecule has 3 heterocycles. The first-order valence-corrected chi connectivity index (χ1v) is 5.69. The Morgan fingerprint density at radius 1 is 1.19 bits per heavy atom. The summed E-state index contributed by atoms with van der Waals surface area (Å²) in [5, 5.41) is 7.43. The second-order valence-electron chi connectivity index (χ2n) is 4.42. The van der Waals surface area contributed by atoms with Crippen LogP contribution in [0.3, 0.4) is 0 Å². The zero-order valence-electron chi connectivity index (χ0n) is 8.96. The van der Waals surface area contributed by atoms with Crippen molar-refractivity contribution < 1.29 is 0 Å². The van der Waals surface area contributed by atoms with Crippen molar-refractivity contribution in [2.24, 2.45) is 0 Å². The fraction of sp³-hybridized carbons (Fsp3) is 0.231. The van der Waals surface area contributed by atoms with Gasteiger partial charge in [-0.2, -0.15) is 0 Å². The molecule has 1 aromatic carbocycles. The molecule has 0 atom stereocenters. The zero-order valence-corrected chi connectivity index (χ0v) is 8.96. The van der Waals surface area contributed by atoms with E-state index in [0.717, 1.165) is 19.8 Å². The Balaban J connectivity index is 2.22. The van der Waals surface area contributed by atoms with E-state index in [1.54, 1.807) is 0 Å². The minimum atomic E-state index is 0.973. The number of nitrogens with one attached hydrogen (secondary N) is 2. The molecule has 80 valence electrons. The Morgan fingerprint density at radius 3 is 3.12 bits per heavy atom. The van der Waals surface area contributed by atoms with E-state index in [1.165, 1.54) is 27.2 Å². The highest BCUT2D eigenvalue weighted by molar-refractivity contribution is 5.82. The van der Waals surface area contributed by atoms with Crippen LogP contribution >= 0.6 is 0 Å². The van der Waals surface area contributed by atoms with Crippen LogP contribution in [-0.2, 0) is 0 Å². The normalized spacial score (nSPS) is 18.5. The fourth-order valence-electron chi connectivity index (χ4n) is 2.74. The van der Waals surface area contributed by atoms with Gasteiger partial charge in [0, 0.05) is 29.2 Å². The van der Waals surface area contributed by atoms with Gasteiger partial charge in [0.05, 0.1) is 17.7 Å². The second-order valence-corrected chi connectivity index (χ2v) is 4.42. The molecule has 4 rings (SSSR count). The molecule has 0 radical (unpaired) electrons. The van der Waals surface area contributed by atoms with Crippen LogP contribution in [0.15, 0.2) is 24.3 Å². The lowest BCUT2D eigenvalue weighted by Crippen LogP contribution is -2.37. The first-order chi connectivity index (χ1) is 7.93. The number of aromatic nitrogens is 1. The largest absolute Gasteiger partial charge is 0.356 e. The molecule has 0 aliphatic carbocycles. The average Bonchev–Trinajstić information content (AvgIpc) is 2.92. The van der Waals surface area contributed by atoms with E-state index in [-0.39, 0.29) is 0 Å². The molecule has 16 heavy (non-hydrogen) atoms. The van der Waals surface area contributed by atoms with Crippen LogP contribution in [0.4, 0.5) is 0 Å². The number of nitrogens with zero attached hydrogens (tertiary/aromatic N) is 1. The molecular weight excluding hydrogens is 198 g/mol. The van der Waals surface area contributed by atoms with Crippen molar-refractivity contribution in [1.29, 1.82) is 0 Å². The number of rotatable bonds is 0. The maximum absolute atomic E-state index is 3.54. The monoisotopic (exact) mass is 211 g/mol. The van der Waals surface area contributed by atoms with Gasteiger partial charge in [0.25, 0.3) is 0 Å². The average molecular weight is 211 g/mol. The Labute approximate surface area is 93.1 Å². The molecule has 0 saturated carbocycles. The lowest BCUT2D eigenvalue weighted by molar-refractivity contribution is 0.466. The molecule has 1 saturated heterocycles. The van der Waals surface area contributed by atoms with Crippen LogP contribution in [0.5, 0.6) is 0 Å². The molecule has 0 bridgehead atoms. The van der Waals surface area contributed by atoms with Gasteiger partial charge in [0.2, 0.25) is 0 Å². The Hall–Kier alpha value is -1.74. The first-order valence-electron chi connectivity index (χ1n) is 5.69. The summed E-state index contributed by atoms with van der Waals surface area (Å²) in [6, 6.07) is 8.53. The summed E-state index contributed by atoms with van der Waals surface area (Å²) in [4.78, 5) is 5.92. The number of para-hydroxylation sites is 1. The Bertz CT molecular complexity index is 681. The van der Waals surface area contributed by atoms with E-state index in [9.17, 15) is 0 Å². The van der Waals surface area contributed by atoms with Crippen molar-refractivity contribution in [3.05, 3.63) is 34.8 Å². The Morgan fingerprint density at radius 2 is 2.12 bits per heavy atom. The highest BCUT2D eigenvalue weighted by Gasteiger charge is 2.20. The van der Waals surface area contributed by atoms with Crippen molar-refractivity contribution in [1.82, 2.24) is 15.2 Å². The number of hydrogen-bond acceptors (Lipinski definition) is 2. The molecular formula is C13H13N3. The Kier molecular flexibility index (Phi) is 1.52. The summed E-state index contributed by atoms with van der Waals surface area (Å²) in [5.41, 5.74) is 2.65. The van der Waals surface area contributed by atoms with Crippen molar-refractivity contribution in [3.63, 3.8) is 0 Å². The highest BCUT2D eigenvalue weighted by atomic mass is 15.3.